The lowest BCUT2D eigenvalue weighted by molar-refractivity contribution is 0.0963. The first-order valence-corrected chi connectivity index (χ1v) is 8.52. The zero-order chi connectivity index (χ0) is 19.1. The topological polar surface area (TPSA) is 80.0 Å². The van der Waals surface area contributed by atoms with E-state index in [9.17, 15) is 18.0 Å². The standard InChI is InChI=1S/C17H23F3N4O2/c1-2-26-17(25)24-7-4-12(5-8-24)23-16(21)22-6-3-11-9-13(18)15(20)14(19)10-11/h9-10,12H,2-8H2,1H3,(H3,21,22,23). The summed E-state index contributed by atoms with van der Waals surface area (Å²) < 4.78 is 44.2. The second-order valence-electron chi connectivity index (χ2n) is 5.99. The normalized spacial score (nSPS) is 15.8. The van der Waals surface area contributed by atoms with Crippen LogP contribution in [0.5, 0.6) is 0 Å². The number of guanidine groups is 1. The van der Waals surface area contributed by atoms with Crippen molar-refractivity contribution in [1.82, 2.24) is 10.2 Å². The SMILES string of the molecule is CCOC(=O)N1CCC(NC(N)=NCCc2cc(F)c(F)c(F)c2)CC1. The number of benzene rings is 1. The number of likely N-dealkylation sites (tertiary alicyclic amines) is 1. The highest BCUT2D eigenvalue weighted by Crippen LogP contribution is 2.14. The maximum Gasteiger partial charge on any atom is 0.409 e. The minimum atomic E-state index is -1.48. The van der Waals surface area contributed by atoms with Crippen LogP contribution in [0.4, 0.5) is 18.0 Å². The molecule has 0 aliphatic carbocycles. The van der Waals surface area contributed by atoms with Crippen molar-refractivity contribution in [3.63, 3.8) is 0 Å². The lowest BCUT2D eigenvalue weighted by Gasteiger charge is -2.31. The van der Waals surface area contributed by atoms with Gasteiger partial charge in [0.25, 0.3) is 0 Å². The molecular weight excluding hydrogens is 349 g/mol. The number of ether oxygens (including phenoxy) is 1. The number of nitrogens with one attached hydrogen (secondary N) is 1. The summed E-state index contributed by atoms with van der Waals surface area (Å²) in [7, 11) is 0. The Morgan fingerprint density at radius 2 is 1.92 bits per heavy atom. The number of aliphatic imine (C=N–C) groups is 1. The van der Waals surface area contributed by atoms with Crippen LogP contribution < -0.4 is 11.1 Å². The van der Waals surface area contributed by atoms with Gasteiger partial charge in [0.15, 0.2) is 23.4 Å². The van der Waals surface area contributed by atoms with Crippen LogP contribution in [0, 0.1) is 17.5 Å². The summed E-state index contributed by atoms with van der Waals surface area (Å²) in [4.78, 5) is 17.4. The Morgan fingerprint density at radius 3 is 2.50 bits per heavy atom. The van der Waals surface area contributed by atoms with E-state index in [1.54, 1.807) is 11.8 Å². The third-order valence-corrected chi connectivity index (χ3v) is 4.10. The Labute approximate surface area is 150 Å². The smallest absolute Gasteiger partial charge is 0.409 e. The summed E-state index contributed by atoms with van der Waals surface area (Å²) in [5, 5.41) is 3.07. The minimum Gasteiger partial charge on any atom is -0.450 e. The summed E-state index contributed by atoms with van der Waals surface area (Å²) in [6.07, 6.45) is 1.34. The zero-order valence-electron chi connectivity index (χ0n) is 14.6. The van der Waals surface area contributed by atoms with Gasteiger partial charge >= 0.3 is 6.09 Å². The molecule has 0 saturated carbocycles. The number of hydrogen-bond donors (Lipinski definition) is 2. The van der Waals surface area contributed by atoms with Crippen molar-refractivity contribution in [2.45, 2.75) is 32.2 Å². The van der Waals surface area contributed by atoms with Gasteiger partial charge in [-0.2, -0.15) is 0 Å². The van der Waals surface area contributed by atoms with Gasteiger partial charge in [-0.05, 0) is 43.9 Å². The Bertz CT molecular complexity index is 638. The van der Waals surface area contributed by atoms with Gasteiger partial charge in [-0.3, -0.25) is 4.99 Å². The maximum atomic E-state index is 13.1. The van der Waals surface area contributed by atoms with E-state index in [4.69, 9.17) is 10.5 Å². The largest absolute Gasteiger partial charge is 0.450 e. The van der Waals surface area contributed by atoms with Gasteiger partial charge in [0.2, 0.25) is 0 Å². The van der Waals surface area contributed by atoms with Gasteiger partial charge in [-0.25, -0.2) is 18.0 Å². The number of amides is 1. The van der Waals surface area contributed by atoms with E-state index in [0.29, 0.717) is 38.1 Å². The van der Waals surface area contributed by atoms with Crippen molar-refractivity contribution < 1.29 is 22.7 Å². The summed E-state index contributed by atoms with van der Waals surface area (Å²) in [5.41, 5.74) is 6.13. The van der Waals surface area contributed by atoms with Gasteiger partial charge in [0.1, 0.15) is 0 Å². The molecule has 0 atom stereocenters. The van der Waals surface area contributed by atoms with Crippen LogP contribution in [0.1, 0.15) is 25.3 Å². The number of nitrogens with zero attached hydrogens (tertiary/aromatic N) is 2. The fourth-order valence-corrected chi connectivity index (χ4v) is 2.73. The van der Waals surface area contributed by atoms with Crippen LogP contribution in [0.3, 0.4) is 0 Å². The third kappa shape index (κ3) is 5.53. The fraction of sp³-hybridized carbons (Fsp3) is 0.529. The predicted molar refractivity (Wildman–Crippen MR) is 91.3 cm³/mol. The number of carbonyl (C=O) groups excluding carboxylic acids is 1. The molecular formula is C17H23F3N4O2. The molecule has 0 unspecified atom stereocenters. The second-order valence-corrected chi connectivity index (χ2v) is 5.99. The molecule has 1 aromatic rings. The van der Waals surface area contributed by atoms with E-state index in [1.165, 1.54) is 0 Å². The molecule has 2 rings (SSSR count). The van der Waals surface area contributed by atoms with E-state index >= 15 is 0 Å². The third-order valence-electron chi connectivity index (χ3n) is 4.10. The monoisotopic (exact) mass is 372 g/mol. The molecule has 6 nitrogen and oxygen atoms in total. The van der Waals surface area contributed by atoms with Crippen LogP contribution >= 0.6 is 0 Å². The molecule has 1 fully saturated rings. The summed E-state index contributed by atoms with van der Waals surface area (Å²) >= 11 is 0. The quantitative estimate of drug-likeness (QED) is 0.472. The molecule has 1 amide bonds. The van der Waals surface area contributed by atoms with Crippen molar-refractivity contribution in [2.75, 3.05) is 26.2 Å². The lowest BCUT2D eigenvalue weighted by atomic mass is 10.1. The number of hydrogen-bond acceptors (Lipinski definition) is 3. The molecule has 9 heteroatoms. The van der Waals surface area contributed by atoms with Crippen LogP contribution in [-0.2, 0) is 11.2 Å². The van der Waals surface area contributed by atoms with Crippen LogP contribution in [0.25, 0.3) is 0 Å². The number of rotatable bonds is 5. The summed E-state index contributed by atoms with van der Waals surface area (Å²) in [6, 6.07) is 1.98. The van der Waals surface area contributed by atoms with E-state index in [2.05, 4.69) is 10.3 Å². The average Bonchev–Trinajstić information content (AvgIpc) is 2.60. The second kappa shape index (κ2) is 9.30. The molecule has 0 spiro atoms. The summed E-state index contributed by atoms with van der Waals surface area (Å²) in [6.45, 7) is 3.46. The number of carbonyl (C=O) groups is 1. The van der Waals surface area contributed by atoms with Gasteiger partial charge in [0.05, 0.1) is 6.61 Å². The highest BCUT2D eigenvalue weighted by Gasteiger charge is 2.23. The van der Waals surface area contributed by atoms with Gasteiger partial charge in [-0.15, -0.1) is 0 Å². The molecule has 1 saturated heterocycles. The Kier molecular flexibility index (Phi) is 7.11. The zero-order valence-corrected chi connectivity index (χ0v) is 14.6. The van der Waals surface area contributed by atoms with Crippen LogP contribution in [0.2, 0.25) is 0 Å². The lowest BCUT2D eigenvalue weighted by Crippen LogP contribution is -2.48. The Morgan fingerprint density at radius 1 is 1.31 bits per heavy atom. The van der Waals surface area contributed by atoms with Crippen molar-refractivity contribution in [2.24, 2.45) is 10.7 Å². The molecule has 0 bridgehead atoms. The first-order valence-electron chi connectivity index (χ1n) is 8.52. The van der Waals surface area contributed by atoms with E-state index < -0.39 is 17.5 Å². The maximum absolute atomic E-state index is 13.1. The molecule has 144 valence electrons. The number of nitrogens with two attached hydrogens (primary N) is 1. The van der Waals surface area contributed by atoms with Crippen LogP contribution in [-0.4, -0.2) is 49.2 Å². The molecule has 1 aliphatic heterocycles. The fourth-order valence-electron chi connectivity index (χ4n) is 2.73. The Balaban J connectivity index is 1.76. The van der Waals surface area contributed by atoms with Gasteiger partial charge < -0.3 is 20.7 Å². The van der Waals surface area contributed by atoms with Gasteiger partial charge in [0, 0.05) is 25.7 Å². The number of halogens is 3. The summed E-state index contributed by atoms with van der Waals surface area (Å²) in [5.74, 6) is -3.69. The molecule has 0 radical (unpaired) electrons. The van der Waals surface area contributed by atoms with E-state index in [0.717, 1.165) is 12.1 Å². The highest BCUT2D eigenvalue weighted by molar-refractivity contribution is 5.78. The average molecular weight is 372 g/mol. The first kappa shape index (κ1) is 19.9. The molecule has 1 aromatic carbocycles. The molecule has 26 heavy (non-hydrogen) atoms. The van der Waals surface area contributed by atoms with Crippen molar-refractivity contribution in [3.8, 4) is 0 Å². The van der Waals surface area contributed by atoms with Crippen molar-refractivity contribution >= 4 is 12.1 Å². The van der Waals surface area contributed by atoms with Crippen molar-refractivity contribution in [1.29, 1.82) is 0 Å². The molecule has 1 aliphatic rings. The van der Waals surface area contributed by atoms with Crippen molar-refractivity contribution in [3.05, 3.63) is 35.1 Å². The first-order chi connectivity index (χ1) is 12.4. The van der Waals surface area contributed by atoms with Crippen LogP contribution in [0.15, 0.2) is 17.1 Å². The molecule has 1 heterocycles. The van der Waals surface area contributed by atoms with E-state index in [1.807, 2.05) is 0 Å². The van der Waals surface area contributed by atoms with E-state index in [-0.39, 0.29) is 31.1 Å². The number of piperidine rings is 1. The minimum absolute atomic E-state index is 0.0881. The molecule has 3 N–H and O–H groups in total. The predicted octanol–water partition coefficient (Wildman–Crippen LogP) is 2.17. The molecule has 0 aromatic heterocycles. The Hall–Kier alpha value is -2.45. The highest BCUT2D eigenvalue weighted by atomic mass is 19.2. The van der Waals surface area contributed by atoms with Gasteiger partial charge in [-0.1, -0.05) is 0 Å².